The highest BCUT2D eigenvalue weighted by Gasteiger charge is 2.31. The van der Waals surface area contributed by atoms with Crippen molar-refractivity contribution in [3.05, 3.63) is 80.2 Å². The first-order valence-corrected chi connectivity index (χ1v) is 12.0. The van der Waals surface area contributed by atoms with E-state index in [4.69, 9.17) is 0 Å². The van der Waals surface area contributed by atoms with Crippen molar-refractivity contribution in [1.29, 1.82) is 0 Å². The van der Waals surface area contributed by atoms with Gasteiger partial charge in [-0.3, -0.25) is 23.9 Å². The summed E-state index contributed by atoms with van der Waals surface area (Å²) in [4.78, 5) is 56.1. The zero-order chi connectivity index (χ0) is 24.5. The van der Waals surface area contributed by atoms with Gasteiger partial charge in [0.25, 0.3) is 11.5 Å². The fourth-order valence-corrected chi connectivity index (χ4v) is 5.17. The van der Waals surface area contributed by atoms with Crippen molar-refractivity contribution in [3.8, 4) is 0 Å². The van der Waals surface area contributed by atoms with E-state index in [0.29, 0.717) is 37.1 Å². The van der Waals surface area contributed by atoms with Gasteiger partial charge in [-0.2, -0.15) is 0 Å². The van der Waals surface area contributed by atoms with Gasteiger partial charge in [-0.1, -0.05) is 37.1 Å². The highest BCUT2D eigenvalue weighted by Crippen LogP contribution is 2.27. The van der Waals surface area contributed by atoms with Crippen molar-refractivity contribution in [2.45, 2.75) is 32.2 Å². The number of hydrogen-bond acceptors (Lipinski definition) is 4. The van der Waals surface area contributed by atoms with Crippen LogP contribution in [0.2, 0.25) is 0 Å². The summed E-state index contributed by atoms with van der Waals surface area (Å²) < 4.78 is 16.8. The highest BCUT2D eigenvalue weighted by atomic mass is 19.1. The van der Waals surface area contributed by atoms with Gasteiger partial charge in [0, 0.05) is 37.7 Å². The number of amides is 2. The van der Waals surface area contributed by atoms with Crippen LogP contribution < -0.4 is 11.2 Å². The SMILES string of the molecule is O=C(c1cccc(Cn2c(=O)[nH]c(=O)c3ccccc32)c1F)N1CCN(C(=O)C2CCCC2)CC1. The van der Waals surface area contributed by atoms with Crippen LogP contribution in [0.15, 0.2) is 52.1 Å². The number of nitrogens with one attached hydrogen (secondary N) is 1. The van der Waals surface area contributed by atoms with Crippen molar-refractivity contribution < 1.29 is 14.0 Å². The van der Waals surface area contributed by atoms with Crippen molar-refractivity contribution >= 4 is 22.7 Å². The summed E-state index contributed by atoms with van der Waals surface area (Å²) in [5.41, 5.74) is -0.657. The molecule has 1 aromatic heterocycles. The Labute approximate surface area is 201 Å². The summed E-state index contributed by atoms with van der Waals surface area (Å²) >= 11 is 0. The maximum atomic E-state index is 15.5. The predicted octanol–water partition coefficient (Wildman–Crippen LogP) is 2.35. The zero-order valence-corrected chi connectivity index (χ0v) is 19.3. The Morgan fingerprint density at radius 3 is 2.34 bits per heavy atom. The maximum absolute atomic E-state index is 15.5. The fraction of sp³-hybridized carbons (Fsp3) is 0.385. The summed E-state index contributed by atoms with van der Waals surface area (Å²) in [6.07, 6.45) is 4.05. The number of para-hydroxylation sites is 1. The van der Waals surface area contributed by atoms with Gasteiger partial charge >= 0.3 is 5.69 Å². The number of aromatic amines is 1. The number of aromatic nitrogens is 2. The average Bonchev–Trinajstić information content (AvgIpc) is 3.42. The Balaban J connectivity index is 1.34. The van der Waals surface area contributed by atoms with E-state index in [2.05, 4.69) is 4.98 Å². The van der Waals surface area contributed by atoms with E-state index in [1.54, 1.807) is 35.2 Å². The molecule has 1 saturated heterocycles. The van der Waals surface area contributed by atoms with E-state index in [1.165, 1.54) is 16.7 Å². The molecule has 2 fully saturated rings. The third kappa shape index (κ3) is 4.38. The van der Waals surface area contributed by atoms with Crippen LogP contribution in [0.4, 0.5) is 4.39 Å². The number of nitrogens with zero attached hydrogens (tertiary/aromatic N) is 3. The van der Waals surface area contributed by atoms with E-state index >= 15 is 4.39 Å². The van der Waals surface area contributed by atoms with Gasteiger partial charge in [0.2, 0.25) is 5.91 Å². The lowest BCUT2D eigenvalue weighted by molar-refractivity contribution is -0.136. The first kappa shape index (κ1) is 23.0. The van der Waals surface area contributed by atoms with Gasteiger partial charge in [-0.25, -0.2) is 9.18 Å². The van der Waals surface area contributed by atoms with Crippen molar-refractivity contribution in [1.82, 2.24) is 19.4 Å². The lowest BCUT2D eigenvalue weighted by Gasteiger charge is -2.36. The number of benzene rings is 2. The van der Waals surface area contributed by atoms with Gasteiger partial charge in [-0.05, 0) is 31.0 Å². The number of rotatable bonds is 4. The molecule has 0 bridgehead atoms. The van der Waals surface area contributed by atoms with Crippen LogP contribution in [0.5, 0.6) is 0 Å². The molecule has 0 spiro atoms. The molecule has 0 radical (unpaired) electrons. The second-order valence-electron chi connectivity index (χ2n) is 9.24. The topological polar surface area (TPSA) is 95.5 Å². The third-order valence-corrected chi connectivity index (χ3v) is 7.13. The Morgan fingerprint density at radius 1 is 0.914 bits per heavy atom. The highest BCUT2D eigenvalue weighted by molar-refractivity contribution is 5.95. The molecule has 5 rings (SSSR count). The van der Waals surface area contributed by atoms with E-state index in [9.17, 15) is 19.2 Å². The lowest BCUT2D eigenvalue weighted by atomic mass is 10.1. The maximum Gasteiger partial charge on any atom is 0.329 e. The molecule has 0 atom stereocenters. The summed E-state index contributed by atoms with van der Waals surface area (Å²) in [7, 11) is 0. The lowest BCUT2D eigenvalue weighted by Crippen LogP contribution is -2.51. The van der Waals surface area contributed by atoms with Crippen molar-refractivity contribution in [2.24, 2.45) is 5.92 Å². The molecule has 182 valence electrons. The second-order valence-corrected chi connectivity index (χ2v) is 9.24. The van der Waals surface area contributed by atoms with E-state index in [1.807, 2.05) is 4.90 Å². The van der Waals surface area contributed by atoms with Crippen LogP contribution in [0.3, 0.4) is 0 Å². The Hall–Kier alpha value is -3.75. The molecule has 8 nitrogen and oxygen atoms in total. The predicted molar refractivity (Wildman–Crippen MR) is 129 cm³/mol. The fourth-order valence-electron chi connectivity index (χ4n) is 5.17. The standard InChI is InChI=1S/C26H27FN4O4/c27-22-18(16-31-21-11-4-3-9-19(21)23(32)28-26(31)35)8-5-10-20(22)25(34)30-14-12-29(13-15-30)24(33)17-6-1-2-7-17/h3-5,8-11,17H,1-2,6-7,12-16H2,(H,28,32,35). The quantitative estimate of drug-likeness (QED) is 0.623. The molecular weight excluding hydrogens is 451 g/mol. The molecule has 1 aliphatic heterocycles. The first-order chi connectivity index (χ1) is 16.9. The number of H-pyrrole nitrogens is 1. The van der Waals surface area contributed by atoms with Crippen molar-refractivity contribution in [2.75, 3.05) is 26.2 Å². The van der Waals surface area contributed by atoms with Gasteiger partial charge < -0.3 is 9.80 Å². The molecule has 2 amide bonds. The molecule has 1 N–H and O–H groups in total. The van der Waals surface area contributed by atoms with Crippen LogP contribution in [-0.4, -0.2) is 57.3 Å². The minimum Gasteiger partial charge on any atom is -0.339 e. The van der Waals surface area contributed by atoms with E-state index in [0.717, 1.165) is 25.7 Å². The van der Waals surface area contributed by atoms with Crippen LogP contribution in [0.25, 0.3) is 10.9 Å². The molecule has 1 aliphatic carbocycles. The zero-order valence-electron chi connectivity index (χ0n) is 19.3. The Morgan fingerprint density at radius 2 is 1.60 bits per heavy atom. The van der Waals surface area contributed by atoms with Gasteiger partial charge in [0.1, 0.15) is 5.82 Å². The molecule has 1 saturated carbocycles. The number of carbonyl (C=O) groups is 2. The van der Waals surface area contributed by atoms with Gasteiger partial charge in [-0.15, -0.1) is 0 Å². The molecule has 2 heterocycles. The summed E-state index contributed by atoms with van der Waals surface area (Å²) in [6.45, 7) is 1.46. The summed E-state index contributed by atoms with van der Waals surface area (Å²) in [5.74, 6) is -0.861. The van der Waals surface area contributed by atoms with E-state index in [-0.39, 0.29) is 29.5 Å². The summed E-state index contributed by atoms with van der Waals surface area (Å²) in [6, 6.07) is 11.2. The normalized spacial score (nSPS) is 16.7. The minimum absolute atomic E-state index is 0.0696. The first-order valence-electron chi connectivity index (χ1n) is 12.0. The second kappa shape index (κ2) is 9.48. The Bertz CT molecular complexity index is 1400. The minimum atomic E-state index is -0.691. The van der Waals surface area contributed by atoms with Crippen LogP contribution in [0, 0.1) is 11.7 Å². The molecular formula is C26H27FN4O4. The van der Waals surface area contributed by atoms with Crippen molar-refractivity contribution in [3.63, 3.8) is 0 Å². The molecule has 9 heteroatoms. The van der Waals surface area contributed by atoms with Gasteiger partial charge in [0.15, 0.2) is 0 Å². The monoisotopic (exact) mass is 478 g/mol. The molecule has 2 aliphatic rings. The Kier molecular flexibility index (Phi) is 6.23. The number of carbonyl (C=O) groups excluding carboxylic acids is 2. The van der Waals surface area contributed by atoms with Gasteiger partial charge in [0.05, 0.1) is 23.0 Å². The smallest absolute Gasteiger partial charge is 0.329 e. The number of piperazine rings is 1. The number of hydrogen-bond donors (Lipinski definition) is 1. The number of fused-ring (bicyclic) bond motifs is 1. The van der Waals surface area contributed by atoms with Crippen LogP contribution in [0.1, 0.15) is 41.6 Å². The molecule has 2 aromatic carbocycles. The van der Waals surface area contributed by atoms with E-state index < -0.39 is 23.0 Å². The van der Waals surface area contributed by atoms with Crippen LogP contribution in [-0.2, 0) is 11.3 Å². The summed E-state index contributed by atoms with van der Waals surface area (Å²) in [5, 5.41) is 0.324. The number of halogens is 1. The molecule has 3 aromatic rings. The van der Waals surface area contributed by atoms with Crippen LogP contribution >= 0.6 is 0 Å². The molecule has 35 heavy (non-hydrogen) atoms. The third-order valence-electron chi connectivity index (χ3n) is 7.13. The average molecular weight is 479 g/mol. The molecule has 0 unspecified atom stereocenters. The largest absolute Gasteiger partial charge is 0.339 e.